The Morgan fingerprint density at radius 2 is 1.50 bits per heavy atom. The zero-order valence-corrected chi connectivity index (χ0v) is 20.1. The van der Waals surface area contributed by atoms with Crippen LogP contribution in [0.1, 0.15) is 83.1 Å². The fourth-order valence-corrected chi connectivity index (χ4v) is 5.00. The van der Waals surface area contributed by atoms with Crippen molar-refractivity contribution in [2.75, 3.05) is 10.2 Å². The molecular weight excluding hydrogens is 420 g/mol. The van der Waals surface area contributed by atoms with Gasteiger partial charge in [-0.25, -0.2) is 0 Å². The van der Waals surface area contributed by atoms with E-state index >= 15 is 0 Å². The monoisotopic (exact) mass is 458 g/mol. The van der Waals surface area contributed by atoms with Gasteiger partial charge in [-0.15, -0.1) is 0 Å². The lowest BCUT2D eigenvalue weighted by Crippen LogP contribution is -2.35. The van der Waals surface area contributed by atoms with Crippen molar-refractivity contribution in [3.05, 3.63) is 54.1 Å². The van der Waals surface area contributed by atoms with Crippen molar-refractivity contribution in [3.8, 4) is 0 Å². The van der Waals surface area contributed by atoms with E-state index in [0.717, 1.165) is 30.8 Å². The molecule has 0 spiro atoms. The van der Waals surface area contributed by atoms with E-state index in [1.165, 1.54) is 69.4 Å². The Balaban J connectivity index is 1.54. The predicted octanol–water partition coefficient (Wildman–Crippen LogP) is 7.00. The van der Waals surface area contributed by atoms with Crippen LogP contribution in [0, 0.1) is 0 Å². The number of fused-ring (bicyclic) bond motifs is 1. The van der Waals surface area contributed by atoms with Crippen LogP contribution in [-0.2, 0) is 16.7 Å². The number of nitrogens with zero attached hydrogens (tertiary/aromatic N) is 1. The summed E-state index contributed by atoms with van der Waals surface area (Å²) in [5.74, 6) is 0. The maximum absolute atomic E-state index is 11.6. The van der Waals surface area contributed by atoms with E-state index in [4.69, 9.17) is 0 Å². The zero-order valence-electron chi connectivity index (χ0n) is 19.3. The minimum atomic E-state index is -4.21. The highest BCUT2D eigenvalue weighted by atomic mass is 32.2. The molecule has 5 nitrogen and oxygen atoms in total. The number of benzene rings is 2. The van der Waals surface area contributed by atoms with E-state index in [-0.39, 0.29) is 11.1 Å². The Morgan fingerprint density at radius 1 is 0.875 bits per heavy atom. The van der Waals surface area contributed by atoms with Gasteiger partial charge in [-0.1, -0.05) is 95.0 Å². The van der Waals surface area contributed by atoms with Crippen molar-refractivity contribution < 1.29 is 13.0 Å². The molecule has 0 saturated heterocycles. The Hall–Kier alpha value is -2.05. The summed E-state index contributed by atoms with van der Waals surface area (Å²) in [4.78, 5) is 2.25. The second kappa shape index (κ2) is 12.3. The minimum absolute atomic E-state index is 0.0667. The molecule has 6 heteroatoms. The number of unbranched alkanes of at least 4 members (excludes halogenated alkanes) is 9. The second-order valence-electron chi connectivity index (χ2n) is 8.90. The molecule has 1 aliphatic rings. The average Bonchev–Trinajstić information content (AvgIpc) is 3.11. The van der Waals surface area contributed by atoms with E-state index in [0.29, 0.717) is 0 Å². The SMILES string of the molecule is CCCCCCCCCCCCC1Nc2cc(S(=O)(=O)O)ccc2N1Cc1ccccc1. The van der Waals surface area contributed by atoms with Crippen LogP contribution < -0.4 is 10.2 Å². The highest BCUT2D eigenvalue weighted by molar-refractivity contribution is 7.85. The Bertz CT molecular complexity index is 931. The summed E-state index contributed by atoms with van der Waals surface area (Å²) in [6.45, 7) is 3.01. The number of nitrogens with one attached hydrogen (secondary N) is 1. The van der Waals surface area contributed by atoms with Gasteiger partial charge < -0.3 is 10.2 Å². The van der Waals surface area contributed by atoms with Gasteiger partial charge in [-0.2, -0.15) is 8.42 Å². The Morgan fingerprint density at radius 3 is 2.12 bits per heavy atom. The summed E-state index contributed by atoms with van der Waals surface area (Å²) in [5.41, 5.74) is 2.97. The van der Waals surface area contributed by atoms with E-state index < -0.39 is 10.1 Å². The molecule has 0 bridgehead atoms. The van der Waals surface area contributed by atoms with Gasteiger partial charge in [-0.3, -0.25) is 4.55 Å². The number of anilines is 2. The summed E-state index contributed by atoms with van der Waals surface area (Å²) in [6, 6.07) is 15.1. The van der Waals surface area contributed by atoms with E-state index in [2.05, 4.69) is 29.3 Å². The number of hydrogen-bond donors (Lipinski definition) is 2. The molecule has 0 fully saturated rings. The summed E-state index contributed by atoms with van der Waals surface area (Å²) < 4.78 is 32.6. The third-order valence-corrected chi connectivity index (χ3v) is 7.15. The van der Waals surface area contributed by atoms with Crippen LogP contribution in [0.15, 0.2) is 53.4 Å². The standard InChI is InChI=1S/C26H38N2O3S/c1-2-3-4-5-6-7-8-9-10-14-17-26-27-24-20-23(32(29,30)31)18-19-25(24)28(26)21-22-15-12-11-13-16-22/h11-13,15-16,18-20,26-27H,2-10,14,17,21H2,1H3,(H,29,30,31). The Labute approximate surface area is 194 Å². The summed E-state index contributed by atoms with van der Waals surface area (Å²) >= 11 is 0. The third kappa shape index (κ3) is 7.24. The van der Waals surface area contributed by atoms with Crippen molar-refractivity contribution >= 4 is 21.5 Å². The molecule has 0 radical (unpaired) electrons. The second-order valence-corrected chi connectivity index (χ2v) is 10.3. The van der Waals surface area contributed by atoms with E-state index in [1.807, 2.05) is 18.2 Å². The van der Waals surface area contributed by atoms with Gasteiger partial charge in [0, 0.05) is 6.54 Å². The molecule has 0 aromatic heterocycles. The lowest BCUT2D eigenvalue weighted by molar-refractivity contribution is 0.483. The molecule has 1 aliphatic heterocycles. The first-order valence-corrected chi connectivity index (χ1v) is 13.6. The van der Waals surface area contributed by atoms with Crippen LogP contribution in [0.3, 0.4) is 0 Å². The first kappa shape index (κ1) is 24.6. The van der Waals surface area contributed by atoms with Gasteiger partial charge in [0.15, 0.2) is 0 Å². The summed E-state index contributed by atoms with van der Waals surface area (Å²) in [7, 11) is -4.21. The first-order valence-electron chi connectivity index (χ1n) is 12.2. The van der Waals surface area contributed by atoms with Crippen molar-refractivity contribution in [1.82, 2.24) is 0 Å². The van der Waals surface area contributed by atoms with Crippen LogP contribution in [0.25, 0.3) is 0 Å². The molecule has 3 rings (SSSR count). The molecular formula is C26H38N2O3S. The molecule has 176 valence electrons. The highest BCUT2D eigenvalue weighted by Gasteiger charge is 2.29. The van der Waals surface area contributed by atoms with Gasteiger partial charge in [0.05, 0.1) is 22.4 Å². The zero-order chi connectivity index (χ0) is 22.8. The summed E-state index contributed by atoms with van der Waals surface area (Å²) in [5, 5.41) is 3.50. The quantitative estimate of drug-likeness (QED) is 0.235. The third-order valence-electron chi connectivity index (χ3n) is 6.30. The molecule has 1 heterocycles. The van der Waals surface area contributed by atoms with Crippen LogP contribution in [0.2, 0.25) is 0 Å². The predicted molar refractivity (Wildman–Crippen MR) is 133 cm³/mol. The molecule has 0 amide bonds. The number of hydrogen-bond acceptors (Lipinski definition) is 4. The number of rotatable bonds is 14. The van der Waals surface area contributed by atoms with Crippen molar-refractivity contribution in [3.63, 3.8) is 0 Å². The molecule has 0 saturated carbocycles. The average molecular weight is 459 g/mol. The van der Waals surface area contributed by atoms with Crippen LogP contribution in [0.4, 0.5) is 11.4 Å². The van der Waals surface area contributed by atoms with Gasteiger partial charge >= 0.3 is 0 Å². The lowest BCUT2D eigenvalue weighted by Gasteiger charge is -2.27. The van der Waals surface area contributed by atoms with Gasteiger partial charge in [0.2, 0.25) is 0 Å². The van der Waals surface area contributed by atoms with Crippen molar-refractivity contribution in [2.45, 2.75) is 95.2 Å². The highest BCUT2D eigenvalue weighted by Crippen LogP contribution is 2.38. The van der Waals surface area contributed by atoms with Crippen LogP contribution in [-0.4, -0.2) is 19.1 Å². The molecule has 32 heavy (non-hydrogen) atoms. The van der Waals surface area contributed by atoms with Gasteiger partial charge in [-0.05, 0) is 36.6 Å². The summed E-state index contributed by atoms with van der Waals surface area (Å²) in [6.07, 6.45) is 14.2. The maximum atomic E-state index is 11.6. The van der Waals surface area contributed by atoms with Crippen LogP contribution in [0.5, 0.6) is 0 Å². The van der Waals surface area contributed by atoms with E-state index in [1.54, 1.807) is 12.1 Å². The minimum Gasteiger partial charge on any atom is -0.363 e. The molecule has 2 aromatic carbocycles. The lowest BCUT2D eigenvalue weighted by atomic mass is 10.1. The van der Waals surface area contributed by atoms with Gasteiger partial charge in [0.1, 0.15) is 0 Å². The fourth-order valence-electron chi connectivity index (χ4n) is 4.50. The Kier molecular flexibility index (Phi) is 9.42. The smallest absolute Gasteiger partial charge is 0.294 e. The van der Waals surface area contributed by atoms with E-state index in [9.17, 15) is 13.0 Å². The van der Waals surface area contributed by atoms with Crippen molar-refractivity contribution in [1.29, 1.82) is 0 Å². The normalized spacial score (nSPS) is 15.6. The molecule has 2 aromatic rings. The topological polar surface area (TPSA) is 69.6 Å². The first-order chi connectivity index (χ1) is 15.5. The van der Waals surface area contributed by atoms with Crippen LogP contribution >= 0.6 is 0 Å². The molecule has 1 atom stereocenters. The molecule has 0 aliphatic carbocycles. The molecule has 2 N–H and O–H groups in total. The molecule has 1 unspecified atom stereocenters. The van der Waals surface area contributed by atoms with Gasteiger partial charge in [0.25, 0.3) is 10.1 Å². The van der Waals surface area contributed by atoms with Crippen molar-refractivity contribution in [2.24, 2.45) is 0 Å². The largest absolute Gasteiger partial charge is 0.363 e. The fraction of sp³-hybridized carbons (Fsp3) is 0.538. The maximum Gasteiger partial charge on any atom is 0.294 e.